The Morgan fingerprint density at radius 2 is 2.00 bits per heavy atom. The van der Waals surface area contributed by atoms with Crippen molar-refractivity contribution in [2.24, 2.45) is 0 Å². The molecule has 0 spiro atoms. The molecule has 6 nitrogen and oxygen atoms in total. The number of nitrogens with zero attached hydrogens (tertiary/aromatic N) is 2. The summed E-state index contributed by atoms with van der Waals surface area (Å²) < 4.78 is 19.0. The zero-order valence-corrected chi connectivity index (χ0v) is 14.7. The van der Waals surface area contributed by atoms with Gasteiger partial charge in [0.1, 0.15) is 5.82 Å². The minimum atomic E-state index is -0.395. The Bertz CT molecular complexity index is 776. The molecule has 0 amide bonds. The molecule has 1 saturated heterocycles. The number of nitro groups is 1. The van der Waals surface area contributed by atoms with Crippen LogP contribution in [0.25, 0.3) is 0 Å². The highest BCUT2D eigenvalue weighted by Gasteiger charge is 2.22. The van der Waals surface area contributed by atoms with Crippen molar-refractivity contribution in [3.05, 3.63) is 64.0 Å². The van der Waals surface area contributed by atoms with E-state index >= 15 is 0 Å². The van der Waals surface area contributed by atoms with Crippen LogP contribution in [0.15, 0.2) is 42.5 Å². The summed E-state index contributed by atoms with van der Waals surface area (Å²) in [4.78, 5) is 12.8. The number of nitrogens with one attached hydrogen (secondary N) is 1. The van der Waals surface area contributed by atoms with E-state index in [4.69, 9.17) is 4.74 Å². The maximum absolute atomic E-state index is 13.8. The van der Waals surface area contributed by atoms with Crippen LogP contribution in [0.5, 0.6) is 0 Å². The number of hydrogen-bond donors (Lipinski definition) is 1. The Balaban J connectivity index is 1.67. The number of piperidine rings is 1. The van der Waals surface area contributed by atoms with E-state index < -0.39 is 4.92 Å². The number of rotatable bonds is 6. The second-order valence-corrected chi connectivity index (χ2v) is 6.39. The molecule has 0 atom stereocenters. The number of benzene rings is 2. The van der Waals surface area contributed by atoms with Crippen molar-refractivity contribution in [1.29, 1.82) is 0 Å². The molecule has 1 N–H and O–H groups in total. The molecule has 0 aliphatic carbocycles. The van der Waals surface area contributed by atoms with E-state index in [1.165, 1.54) is 12.1 Å². The van der Waals surface area contributed by atoms with Crippen LogP contribution in [-0.2, 0) is 11.3 Å². The number of non-ortho nitro benzene ring substituents is 1. The van der Waals surface area contributed by atoms with Crippen LogP contribution in [-0.4, -0.2) is 31.2 Å². The van der Waals surface area contributed by atoms with Crippen LogP contribution < -0.4 is 10.2 Å². The summed E-state index contributed by atoms with van der Waals surface area (Å²) in [6.45, 7) is 1.91. The van der Waals surface area contributed by atoms with Crippen molar-refractivity contribution in [2.75, 3.05) is 30.4 Å². The van der Waals surface area contributed by atoms with Crippen LogP contribution in [0.4, 0.5) is 21.5 Å². The van der Waals surface area contributed by atoms with E-state index in [9.17, 15) is 14.5 Å². The summed E-state index contributed by atoms with van der Waals surface area (Å²) in [5.41, 5.74) is 2.36. The van der Waals surface area contributed by atoms with Crippen LogP contribution in [0.3, 0.4) is 0 Å². The first-order chi connectivity index (χ1) is 12.6. The zero-order chi connectivity index (χ0) is 18.5. The molecule has 0 unspecified atom stereocenters. The van der Waals surface area contributed by atoms with Gasteiger partial charge in [-0.05, 0) is 31.0 Å². The average Bonchev–Trinajstić information content (AvgIpc) is 2.64. The molecule has 26 heavy (non-hydrogen) atoms. The van der Waals surface area contributed by atoms with Crippen LogP contribution in [0, 0.1) is 15.9 Å². The average molecular weight is 359 g/mol. The molecule has 138 valence electrons. The minimum absolute atomic E-state index is 0.0666. The van der Waals surface area contributed by atoms with Crippen LogP contribution in [0.2, 0.25) is 0 Å². The standard InChI is InChI=1S/C19H22FN3O3/c1-26-13-14-12-16(23(24)25)6-7-19(14)22-10-8-15(9-11-22)21-18-5-3-2-4-17(18)20/h2-7,12,15,21H,8-11,13H2,1H3. The molecule has 1 aliphatic heterocycles. The molecule has 0 aromatic heterocycles. The summed E-state index contributed by atoms with van der Waals surface area (Å²) in [5.74, 6) is -0.243. The lowest BCUT2D eigenvalue weighted by Crippen LogP contribution is -2.39. The Labute approximate surface area is 151 Å². The largest absolute Gasteiger partial charge is 0.380 e. The molecule has 7 heteroatoms. The van der Waals surface area contributed by atoms with E-state index in [0.717, 1.165) is 37.2 Å². The van der Waals surface area contributed by atoms with Gasteiger partial charge in [0.05, 0.1) is 17.2 Å². The van der Waals surface area contributed by atoms with Gasteiger partial charge in [0.15, 0.2) is 0 Å². The fourth-order valence-corrected chi connectivity index (χ4v) is 3.33. The first kappa shape index (κ1) is 18.1. The molecule has 2 aromatic rings. The Morgan fingerprint density at radius 1 is 1.27 bits per heavy atom. The molecular formula is C19H22FN3O3. The number of methoxy groups -OCH3 is 1. The number of anilines is 2. The molecule has 3 rings (SSSR count). The highest BCUT2D eigenvalue weighted by atomic mass is 19.1. The predicted molar refractivity (Wildman–Crippen MR) is 99.1 cm³/mol. The first-order valence-electron chi connectivity index (χ1n) is 8.60. The number of nitro benzene ring substituents is 1. The summed E-state index contributed by atoms with van der Waals surface area (Å²) in [6.07, 6.45) is 1.72. The quantitative estimate of drug-likeness (QED) is 0.625. The first-order valence-corrected chi connectivity index (χ1v) is 8.60. The normalized spacial score (nSPS) is 15.1. The number of hydrogen-bond acceptors (Lipinski definition) is 5. The monoisotopic (exact) mass is 359 g/mol. The van der Waals surface area contributed by atoms with Crippen LogP contribution in [0.1, 0.15) is 18.4 Å². The number of halogens is 1. The minimum Gasteiger partial charge on any atom is -0.380 e. The van der Waals surface area contributed by atoms with Crippen molar-refractivity contribution in [2.45, 2.75) is 25.5 Å². The fraction of sp³-hybridized carbons (Fsp3) is 0.368. The lowest BCUT2D eigenvalue weighted by Gasteiger charge is -2.35. The predicted octanol–water partition coefficient (Wildman–Crippen LogP) is 3.96. The zero-order valence-electron chi connectivity index (χ0n) is 14.7. The third-order valence-corrected chi connectivity index (χ3v) is 4.64. The molecule has 0 saturated carbocycles. The smallest absolute Gasteiger partial charge is 0.269 e. The van der Waals surface area contributed by atoms with Gasteiger partial charge in [-0.15, -0.1) is 0 Å². The third-order valence-electron chi connectivity index (χ3n) is 4.64. The van der Waals surface area contributed by atoms with Gasteiger partial charge < -0.3 is 15.0 Å². The third kappa shape index (κ3) is 4.11. The topological polar surface area (TPSA) is 67.6 Å². The van der Waals surface area contributed by atoms with Crippen molar-refractivity contribution in [3.8, 4) is 0 Å². The maximum Gasteiger partial charge on any atom is 0.269 e. The van der Waals surface area contributed by atoms with Crippen molar-refractivity contribution in [3.63, 3.8) is 0 Å². The fourth-order valence-electron chi connectivity index (χ4n) is 3.33. The summed E-state index contributed by atoms with van der Waals surface area (Å²) in [6, 6.07) is 11.8. The number of para-hydroxylation sites is 1. The van der Waals surface area contributed by atoms with Crippen molar-refractivity contribution in [1.82, 2.24) is 0 Å². The van der Waals surface area contributed by atoms with Gasteiger partial charge in [0.25, 0.3) is 5.69 Å². The van der Waals surface area contributed by atoms with E-state index in [0.29, 0.717) is 12.3 Å². The van der Waals surface area contributed by atoms with Crippen LogP contribution >= 0.6 is 0 Å². The summed E-state index contributed by atoms with van der Waals surface area (Å²) >= 11 is 0. The summed E-state index contributed by atoms with van der Waals surface area (Å²) in [7, 11) is 1.58. The van der Waals surface area contributed by atoms with Gasteiger partial charge in [-0.2, -0.15) is 0 Å². The Morgan fingerprint density at radius 3 is 2.65 bits per heavy atom. The molecule has 0 bridgehead atoms. The van der Waals surface area contributed by atoms with Gasteiger partial charge in [-0.25, -0.2) is 4.39 Å². The van der Waals surface area contributed by atoms with E-state index in [-0.39, 0.29) is 17.5 Å². The van der Waals surface area contributed by atoms with Crippen molar-refractivity contribution < 1.29 is 14.1 Å². The highest BCUT2D eigenvalue weighted by Crippen LogP contribution is 2.29. The molecule has 1 aliphatic rings. The number of ether oxygens (including phenoxy) is 1. The maximum atomic E-state index is 13.8. The second kappa shape index (κ2) is 8.14. The molecule has 2 aromatic carbocycles. The van der Waals surface area contributed by atoms with E-state index in [1.807, 2.05) is 6.07 Å². The lowest BCUT2D eigenvalue weighted by atomic mass is 10.0. The van der Waals surface area contributed by atoms with E-state index in [1.54, 1.807) is 31.4 Å². The lowest BCUT2D eigenvalue weighted by molar-refractivity contribution is -0.384. The summed E-state index contributed by atoms with van der Waals surface area (Å²) in [5, 5.41) is 14.3. The molecule has 1 heterocycles. The van der Waals surface area contributed by atoms with Gasteiger partial charge in [-0.3, -0.25) is 10.1 Å². The van der Waals surface area contributed by atoms with Gasteiger partial charge in [0, 0.05) is 49.6 Å². The van der Waals surface area contributed by atoms with Crippen molar-refractivity contribution >= 4 is 17.1 Å². The van der Waals surface area contributed by atoms with Gasteiger partial charge in [0.2, 0.25) is 0 Å². The van der Waals surface area contributed by atoms with E-state index in [2.05, 4.69) is 10.2 Å². The highest BCUT2D eigenvalue weighted by molar-refractivity contribution is 5.58. The second-order valence-electron chi connectivity index (χ2n) is 6.39. The van der Waals surface area contributed by atoms with Gasteiger partial charge >= 0.3 is 0 Å². The molecular weight excluding hydrogens is 337 g/mol. The van der Waals surface area contributed by atoms with Gasteiger partial charge in [-0.1, -0.05) is 12.1 Å². The Hall–Kier alpha value is -2.67. The SMILES string of the molecule is COCc1cc([N+](=O)[O-])ccc1N1CCC(Nc2ccccc2F)CC1. The molecule has 1 fully saturated rings. The molecule has 0 radical (unpaired) electrons. The Kier molecular flexibility index (Phi) is 5.68.